The zero-order valence-corrected chi connectivity index (χ0v) is 16.3. The Labute approximate surface area is 160 Å². The highest BCUT2D eigenvalue weighted by molar-refractivity contribution is 5.78. The van der Waals surface area contributed by atoms with Crippen molar-refractivity contribution in [2.45, 2.75) is 68.7 Å². The van der Waals surface area contributed by atoms with E-state index in [1.165, 1.54) is 0 Å². The molecule has 0 aromatic heterocycles. The average molecular weight is 374 g/mol. The largest absolute Gasteiger partial charge is 0.508 e. The smallest absolute Gasteiger partial charge is 0.222 e. The molecule has 6 nitrogen and oxygen atoms in total. The number of aromatic hydroxyl groups is 1. The molecular formula is C21H30N2O4. The number of fused-ring (bicyclic) bond motifs is 1. The average Bonchev–Trinajstić information content (AvgIpc) is 2.60. The Morgan fingerprint density at radius 1 is 1.33 bits per heavy atom. The van der Waals surface area contributed by atoms with Gasteiger partial charge in [0.05, 0.1) is 17.7 Å². The van der Waals surface area contributed by atoms with E-state index < -0.39 is 23.2 Å². The number of likely N-dealkylation sites (tertiary alicyclic amines) is 1. The summed E-state index contributed by atoms with van der Waals surface area (Å²) in [7, 11) is 2.03. The van der Waals surface area contributed by atoms with Gasteiger partial charge in [0.15, 0.2) is 0 Å². The number of rotatable bonds is 2. The van der Waals surface area contributed by atoms with Crippen LogP contribution in [0, 0.1) is 5.92 Å². The van der Waals surface area contributed by atoms with Crippen LogP contribution >= 0.6 is 0 Å². The van der Waals surface area contributed by atoms with Gasteiger partial charge in [-0.15, -0.1) is 0 Å². The fraction of sp³-hybridized carbons (Fsp3) is 0.667. The number of piperidine rings is 1. The summed E-state index contributed by atoms with van der Waals surface area (Å²) >= 11 is 0. The van der Waals surface area contributed by atoms with Crippen LogP contribution in [-0.2, 0) is 16.6 Å². The molecule has 0 radical (unpaired) electrons. The van der Waals surface area contributed by atoms with E-state index in [2.05, 4.69) is 10.2 Å². The van der Waals surface area contributed by atoms with Crippen LogP contribution in [0.2, 0.25) is 0 Å². The van der Waals surface area contributed by atoms with Crippen molar-refractivity contribution in [3.63, 3.8) is 0 Å². The molecule has 1 aliphatic heterocycles. The molecule has 2 fully saturated rings. The first kappa shape index (κ1) is 18.7. The molecule has 5 atom stereocenters. The topological polar surface area (TPSA) is 93.0 Å². The van der Waals surface area contributed by atoms with Crippen molar-refractivity contribution in [3.8, 4) is 5.75 Å². The Balaban J connectivity index is 1.78. The fourth-order valence-electron chi connectivity index (χ4n) is 5.70. The number of carbonyl (C=O) groups is 1. The van der Waals surface area contributed by atoms with Gasteiger partial charge in [-0.05, 0) is 56.1 Å². The predicted molar refractivity (Wildman–Crippen MR) is 101 cm³/mol. The maximum absolute atomic E-state index is 12.2. The van der Waals surface area contributed by atoms with Crippen LogP contribution in [-0.4, -0.2) is 63.5 Å². The van der Waals surface area contributed by atoms with Crippen molar-refractivity contribution in [1.82, 2.24) is 10.2 Å². The number of likely N-dealkylation sites (N-methyl/N-ethyl adjacent to an activating group) is 1. The zero-order valence-electron chi connectivity index (χ0n) is 16.3. The Morgan fingerprint density at radius 2 is 2.07 bits per heavy atom. The van der Waals surface area contributed by atoms with Crippen LogP contribution in [0.5, 0.6) is 5.75 Å². The lowest BCUT2D eigenvalue weighted by Crippen LogP contribution is -2.76. The second-order valence-electron chi connectivity index (χ2n) is 9.04. The number of nitrogens with zero attached hydrogens (tertiary/aromatic N) is 1. The quantitative estimate of drug-likeness (QED) is 0.618. The van der Waals surface area contributed by atoms with Crippen molar-refractivity contribution in [2.24, 2.45) is 5.92 Å². The Kier molecular flexibility index (Phi) is 4.29. The molecule has 0 spiro atoms. The van der Waals surface area contributed by atoms with Gasteiger partial charge in [-0.2, -0.15) is 0 Å². The van der Waals surface area contributed by atoms with Crippen molar-refractivity contribution in [2.75, 3.05) is 13.6 Å². The number of nitrogens with one attached hydrogen (secondary N) is 1. The number of benzene rings is 1. The molecule has 27 heavy (non-hydrogen) atoms. The maximum atomic E-state index is 12.2. The molecule has 1 unspecified atom stereocenters. The van der Waals surface area contributed by atoms with Gasteiger partial charge in [0.25, 0.3) is 0 Å². The van der Waals surface area contributed by atoms with Crippen molar-refractivity contribution < 1.29 is 20.1 Å². The molecule has 1 aromatic carbocycles. The predicted octanol–water partition coefficient (Wildman–Crippen LogP) is 0.917. The zero-order chi connectivity index (χ0) is 19.6. The first-order valence-corrected chi connectivity index (χ1v) is 9.91. The minimum Gasteiger partial charge on any atom is -0.508 e. The number of aliphatic hydroxyl groups is 2. The summed E-state index contributed by atoms with van der Waals surface area (Å²) in [6.07, 6.45) is 1.38. The van der Waals surface area contributed by atoms with E-state index in [4.69, 9.17) is 0 Å². The molecule has 1 aromatic rings. The lowest BCUT2D eigenvalue weighted by atomic mass is 9.48. The number of aliphatic hydroxyl groups excluding tert-OH is 1. The number of amides is 1. The van der Waals surface area contributed by atoms with Crippen LogP contribution < -0.4 is 5.32 Å². The number of hydrogen-bond acceptors (Lipinski definition) is 5. The second-order valence-corrected chi connectivity index (χ2v) is 9.04. The number of hydrogen-bond donors (Lipinski definition) is 4. The fourth-order valence-corrected chi connectivity index (χ4v) is 5.70. The van der Waals surface area contributed by atoms with Crippen LogP contribution in [0.1, 0.15) is 44.2 Å². The first-order chi connectivity index (χ1) is 12.7. The first-order valence-electron chi connectivity index (χ1n) is 9.91. The Bertz CT molecular complexity index is 767. The van der Waals surface area contributed by atoms with E-state index in [0.29, 0.717) is 19.3 Å². The summed E-state index contributed by atoms with van der Waals surface area (Å²) in [5.41, 5.74) is 0.428. The van der Waals surface area contributed by atoms with Gasteiger partial charge in [-0.3, -0.25) is 4.79 Å². The summed E-state index contributed by atoms with van der Waals surface area (Å²) in [4.78, 5) is 14.4. The molecule has 2 bridgehead atoms. The molecule has 1 amide bonds. The van der Waals surface area contributed by atoms with Crippen molar-refractivity contribution in [3.05, 3.63) is 29.3 Å². The van der Waals surface area contributed by atoms with Gasteiger partial charge in [0.1, 0.15) is 5.75 Å². The third-order valence-electron chi connectivity index (χ3n) is 7.23. The van der Waals surface area contributed by atoms with Crippen molar-refractivity contribution in [1.29, 1.82) is 0 Å². The van der Waals surface area contributed by atoms with E-state index in [-0.39, 0.29) is 23.6 Å². The van der Waals surface area contributed by atoms with Crippen molar-refractivity contribution >= 4 is 5.91 Å². The molecule has 4 rings (SSSR count). The highest BCUT2D eigenvalue weighted by Gasteiger charge is 2.66. The van der Waals surface area contributed by atoms with Gasteiger partial charge < -0.3 is 25.5 Å². The van der Waals surface area contributed by atoms with Gasteiger partial charge in [0.2, 0.25) is 5.91 Å². The SMILES string of the molecule is CC(C)C(=O)N[C@H]1C[C@@]2(O)[C@H]3Cc4ccc(O)cc4C2(CCN3C)C[C@H]1O. The third-order valence-corrected chi connectivity index (χ3v) is 7.23. The van der Waals surface area contributed by atoms with Gasteiger partial charge in [0, 0.05) is 23.8 Å². The molecule has 1 saturated heterocycles. The summed E-state index contributed by atoms with van der Waals surface area (Å²) in [6.45, 7) is 4.48. The highest BCUT2D eigenvalue weighted by atomic mass is 16.3. The number of phenolic OH excluding ortho intramolecular Hbond substituents is 1. The van der Waals surface area contributed by atoms with Crippen LogP contribution in [0.25, 0.3) is 0 Å². The summed E-state index contributed by atoms with van der Waals surface area (Å²) < 4.78 is 0. The lowest BCUT2D eigenvalue weighted by Gasteiger charge is -2.65. The van der Waals surface area contributed by atoms with E-state index >= 15 is 0 Å². The van der Waals surface area contributed by atoms with Crippen LogP contribution in [0.15, 0.2) is 18.2 Å². The molecule has 1 saturated carbocycles. The second kappa shape index (κ2) is 6.19. The lowest BCUT2D eigenvalue weighted by molar-refractivity contribution is -0.186. The van der Waals surface area contributed by atoms with Gasteiger partial charge in [-0.25, -0.2) is 0 Å². The normalized spacial score (nSPS) is 38.2. The molecular weight excluding hydrogens is 344 g/mol. The molecule has 148 valence electrons. The summed E-state index contributed by atoms with van der Waals surface area (Å²) in [5, 5.41) is 36.0. The molecule has 3 aliphatic rings. The summed E-state index contributed by atoms with van der Waals surface area (Å²) in [5.74, 6) is -0.0903. The summed E-state index contributed by atoms with van der Waals surface area (Å²) in [6, 6.07) is 4.86. The Hall–Kier alpha value is -1.63. The molecule has 6 heteroatoms. The van der Waals surface area contributed by atoms with Gasteiger partial charge >= 0.3 is 0 Å². The van der Waals surface area contributed by atoms with Crippen LogP contribution in [0.3, 0.4) is 0 Å². The standard InChI is InChI=1S/C21H30N2O4/c1-12(2)19(26)22-16-10-21(27)18-8-13-4-5-14(24)9-15(13)20(21,11-17(16)25)6-7-23(18)3/h4-5,9,12,16-18,24-25,27H,6-8,10-11H2,1-3H3,(H,22,26)/t16-,17+,18+,20?,21+/m0/s1. The van der Waals surface area contributed by atoms with Crippen LogP contribution in [0.4, 0.5) is 0 Å². The molecule has 2 aliphatic carbocycles. The third kappa shape index (κ3) is 2.61. The molecule has 1 heterocycles. The van der Waals surface area contributed by atoms with E-state index in [1.54, 1.807) is 12.1 Å². The van der Waals surface area contributed by atoms with E-state index in [1.807, 2.05) is 27.0 Å². The van der Waals surface area contributed by atoms with Gasteiger partial charge in [-0.1, -0.05) is 19.9 Å². The maximum Gasteiger partial charge on any atom is 0.222 e. The van der Waals surface area contributed by atoms with E-state index in [9.17, 15) is 20.1 Å². The minimum absolute atomic E-state index is 0.0748. The number of carbonyl (C=O) groups excluding carboxylic acids is 1. The minimum atomic E-state index is -1.06. The monoisotopic (exact) mass is 374 g/mol. The number of phenols is 1. The van der Waals surface area contributed by atoms with E-state index in [0.717, 1.165) is 24.1 Å². The Morgan fingerprint density at radius 3 is 2.78 bits per heavy atom. The highest BCUT2D eigenvalue weighted by Crippen LogP contribution is 2.58. The molecule has 4 N–H and O–H groups in total.